The lowest BCUT2D eigenvalue weighted by molar-refractivity contribution is -0.149. The van der Waals surface area contributed by atoms with Gasteiger partial charge in [0.25, 0.3) is 0 Å². The molecule has 0 atom stereocenters. The Bertz CT molecular complexity index is 537. The molecule has 1 aromatic rings. The standard InChI is InChI=1S/C23H36O4/c1-6-7-13-23(20-11-9-8-10-12-20,14-21(24)26-16-18(2)3)15-22(25)27-17-19(4)5/h8-12,18-19H,6-7,13-17H2,1-5H3. The van der Waals surface area contributed by atoms with Gasteiger partial charge in [0, 0.05) is 5.41 Å². The van der Waals surface area contributed by atoms with Crippen molar-refractivity contribution in [1.29, 1.82) is 0 Å². The van der Waals surface area contributed by atoms with Crippen LogP contribution in [0, 0.1) is 11.8 Å². The molecule has 0 bridgehead atoms. The van der Waals surface area contributed by atoms with Gasteiger partial charge in [0.15, 0.2) is 0 Å². The average molecular weight is 377 g/mol. The topological polar surface area (TPSA) is 52.6 Å². The lowest BCUT2D eigenvalue weighted by atomic mass is 9.71. The van der Waals surface area contributed by atoms with Crippen LogP contribution in [-0.4, -0.2) is 25.2 Å². The van der Waals surface area contributed by atoms with Crippen LogP contribution in [0.4, 0.5) is 0 Å². The third-order valence-corrected chi connectivity index (χ3v) is 4.52. The second kappa shape index (κ2) is 11.8. The van der Waals surface area contributed by atoms with Gasteiger partial charge in [0.1, 0.15) is 0 Å². The smallest absolute Gasteiger partial charge is 0.306 e. The Kier molecular flexibility index (Phi) is 10.1. The van der Waals surface area contributed by atoms with E-state index in [0.717, 1.165) is 24.8 Å². The Morgan fingerprint density at radius 1 is 0.889 bits per heavy atom. The molecule has 0 fully saturated rings. The normalized spacial score (nSPS) is 11.7. The second-order valence-electron chi connectivity index (χ2n) is 8.26. The molecule has 0 unspecified atom stereocenters. The van der Waals surface area contributed by atoms with Crippen molar-refractivity contribution in [3.8, 4) is 0 Å². The number of carbonyl (C=O) groups is 2. The maximum Gasteiger partial charge on any atom is 0.306 e. The highest BCUT2D eigenvalue weighted by Gasteiger charge is 2.37. The molecule has 27 heavy (non-hydrogen) atoms. The first-order chi connectivity index (χ1) is 12.8. The number of unbranched alkanes of at least 4 members (excludes halogenated alkanes) is 1. The Labute approximate surface area is 164 Å². The van der Waals surface area contributed by atoms with E-state index in [1.54, 1.807) is 0 Å². The molecular weight excluding hydrogens is 340 g/mol. The van der Waals surface area contributed by atoms with Gasteiger partial charge in [-0.25, -0.2) is 0 Å². The van der Waals surface area contributed by atoms with Crippen LogP contribution in [0.15, 0.2) is 30.3 Å². The summed E-state index contributed by atoms with van der Waals surface area (Å²) in [6, 6.07) is 9.86. The number of hydrogen-bond donors (Lipinski definition) is 0. The predicted octanol–water partition coefficient (Wildman–Crippen LogP) is 5.29. The first-order valence-corrected chi connectivity index (χ1v) is 10.2. The van der Waals surface area contributed by atoms with E-state index < -0.39 is 5.41 Å². The largest absolute Gasteiger partial charge is 0.465 e. The third-order valence-electron chi connectivity index (χ3n) is 4.52. The van der Waals surface area contributed by atoms with Crippen molar-refractivity contribution in [3.63, 3.8) is 0 Å². The summed E-state index contributed by atoms with van der Waals surface area (Å²) in [5.41, 5.74) is 0.417. The van der Waals surface area contributed by atoms with E-state index in [4.69, 9.17) is 9.47 Å². The Morgan fingerprint density at radius 3 is 1.78 bits per heavy atom. The lowest BCUT2D eigenvalue weighted by Gasteiger charge is -2.33. The van der Waals surface area contributed by atoms with Crippen LogP contribution in [0.25, 0.3) is 0 Å². The molecule has 0 aromatic heterocycles. The SMILES string of the molecule is CCCCC(CC(=O)OCC(C)C)(CC(=O)OCC(C)C)c1ccccc1. The van der Waals surface area contributed by atoms with E-state index >= 15 is 0 Å². The maximum absolute atomic E-state index is 12.6. The first-order valence-electron chi connectivity index (χ1n) is 10.2. The molecule has 0 spiro atoms. The fraction of sp³-hybridized carbons (Fsp3) is 0.652. The molecule has 4 nitrogen and oxygen atoms in total. The van der Waals surface area contributed by atoms with Crippen molar-refractivity contribution >= 4 is 11.9 Å². The van der Waals surface area contributed by atoms with Crippen LogP contribution < -0.4 is 0 Å². The number of esters is 2. The molecule has 0 amide bonds. The molecule has 1 rings (SSSR count). The summed E-state index contributed by atoms with van der Waals surface area (Å²) in [6.07, 6.45) is 3.07. The van der Waals surface area contributed by atoms with E-state index in [9.17, 15) is 9.59 Å². The average Bonchev–Trinajstić information content (AvgIpc) is 2.63. The van der Waals surface area contributed by atoms with E-state index in [1.165, 1.54) is 0 Å². The van der Waals surface area contributed by atoms with Gasteiger partial charge in [-0.05, 0) is 23.8 Å². The quantitative estimate of drug-likeness (QED) is 0.465. The van der Waals surface area contributed by atoms with Gasteiger partial charge in [-0.1, -0.05) is 77.8 Å². The van der Waals surface area contributed by atoms with Gasteiger partial charge in [0.2, 0.25) is 0 Å². The zero-order chi connectivity index (χ0) is 20.3. The highest BCUT2D eigenvalue weighted by atomic mass is 16.5. The van der Waals surface area contributed by atoms with Gasteiger partial charge >= 0.3 is 11.9 Å². The lowest BCUT2D eigenvalue weighted by Crippen LogP contribution is -2.34. The molecule has 0 aliphatic carbocycles. The molecule has 0 saturated carbocycles. The molecule has 4 heteroatoms. The summed E-state index contributed by atoms with van der Waals surface area (Å²) in [7, 11) is 0. The second-order valence-corrected chi connectivity index (χ2v) is 8.26. The summed E-state index contributed by atoms with van der Waals surface area (Å²) < 4.78 is 10.9. The van der Waals surface area contributed by atoms with Crippen LogP contribution in [-0.2, 0) is 24.5 Å². The van der Waals surface area contributed by atoms with Crippen molar-refractivity contribution in [2.24, 2.45) is 11.8 Å². The number of hydrogen-bond acceptors (Lipinski definition) is 4. The first kappa shape index (κ1) is 23.2. The fourth-order valence-electron chi connectivity index (χ4n) is 3.07. The van der Waals surface area contributed by atoms with E-state index in [0.29, 0.717) is 13.2 Å². The van der Waals surface area contributed by atoms with Crippen LogP contribution in [0.3, 0.4) is 0 Å². The third kappa shape index (κ3) is 8.59. The van der Waals surface area contributed by atoms with Gasteiger partial charge < -0.3 is 9.47 Å². The highest BCUT2D eigenvalue weighted by molar-refractivity contribution is 5.76. The zero-order valence-electron chi connectivity index (χ0n) is 17.6. The number of carbonyl (C=O) groups excluding carboxylic acids is 2. The van der Waals surface area contributed by atoms with Crippen LogP contribution in [0.1, 0.15) is 72.3 Å². The number of benzene rings is 1. The van der Waals surface area contributed by atoms with E-state index in [1.807, 2.05) is 58.0 Å². The van der Waals surface area contributed by atoms with Crippen LogP contribution >= 0.6 is 0 Å². The Balaban J connectivity index is 3.08. The van der Waals surface area contributed by atoms with Crippen molar-refractivity contribution < 1.29 is 19.1 Å². The minimum Gasteiger partial charge on any atom is -0.465 e. The molecule has 152 valence electrons. The minimum atomic E-state index is -0.584. The van der Waals surface area contributed by atoms with E-state index in [-0.39, 0.29) is 36.6 Å². The molecule has 0 aliphatic rings. The molecule has 0 heterocycles. The Morgan fingerprint density at radius 2 is 1.37 bits per heavy atom. The molecular formula is C23H36O4. The molecule has 0 saturated heterocycles. The minimum absolute atomic E-state index is 0.195. The monoisotopic (exact) mass is 376 g/mol. The predicted molar refractivity (Wildman–Crippen MR) is 108 cm³/mol. The van der Waals surface area contributed by atoms with Crippen molar-refractivity contribution in [3.05, 3.63) is 35.9 Å². The summed E-state index contributed by atoms with van der Waals surface area (Å²) >= 11 is 0. The van der Waals surface area contributed by atoms with Crippen molar-refractivity contribution in [2.75, 3.05) is 13.2 Å². The highest BCUT2D eigenvalue weighted by Crippen LogP contribution is 2.38. The summed E-state index contributed by atoms with van der Waals surface area (Å²) in [5.74, 6) is 0.0686. The summed E-state index contributed by atoms with van der Waals surface area (Å²) in [5, 5.41) is 0. The van der Waals surface area contributed by atoms with Crippen molar-refractivity contribution in [1.82, 2.24) is 0 Å². The van der Waals surface area contributed by atoms with Crippen LogP contribution in [0.2, 0.25) is 0 Å². The number of rotatable bonds is 12. The molecule has 0 N–H and O–H groups in total. The van der Waals surface area contributed by atoms with Crippen molar-refractivity contribution in [2.45, 2.75) is 72.1 Å². The number of ether oxygens (including phenoxy) is 2. The molecule has 0 radical (unpaired) electrons. The van der Waals surface area contributed by atoms with Gasteiger partial charge in [-0.2, -0.15) is 0 Å². The van der Waals surface area contributed by atoms with E-state index in [2.05, 4.69) is 6.92 Å². The maximum atomic E-state index is 12.6. The van der Waals surface area contributed by atoms with Gasteiger partial charge in [0.05, 0.1) is 26.1 Å². The summed E-state index contributed by atoms with van der Waals surface area (Å²) in [4.78, 5) is 25.1. The van der Waals surface area contributed by atoms with Crippen LogP contribution in [0.5, 0.6) is 0 Å². The zero-order valence-corrected chi connectivity index (χ0v) is 17.6. The Hall–Kier alpha value is -1.84. The fourth-order valence-corrected chi connectivity index (χ4v) is 3.07. The summed E-state index contributed by atoms with van der Waals surface area (Å²) in [6.45, 7) is 11.0. The van der Waals surface area contributed by atoms with Gasteiger partial charge in [-0.3, -0.25) is 9.59 Å². The van der Waals surface area contributed by atoms with Gasteiger partial charge in [-0.15, -0.1) is 0 Å². The molecule has 1 aromatic carbocycles. The molecule has 0 aliphatic heterocycles.